The van der Waals surface area contributed by atoms with Gasteiger partial charge in [-0.05, 0) is 48.9 Å². The summed E-state index contributed by atoms with van der Waals surface area (Å²) in [5.41, 5.74) is 7.76. The third-order valence-corrected chi connectivity index (χ3v) is 6.96. The SMILES string of the molecule is Cc1ccc(-c2nc3ccc(C(=O)OCC(=O)c4ccc5ccccc5c4)cc3nc2-c2ccc(C)cc2)cc1. The minimum atomic E-state index is -0.586. The van der Waals surface area contributed by atoms with Gasteiger partial charge in [0.05, 0.1) is 28.0 Å². The molecule has 0 atom stereocenters. The van der Waals surface area contributed by atoms with Crippen LogP contribution in [0.4, 0.5) is 0 Å². The standard InChI is InChI=1S/C35H26N2O3/c1-22-7-11-25(12-8-22)33-34(26-13-9-23(2)10-14-26)37-31-20-29(17-18-30(31)36-33)35(39)40-21-32(38)28-16-15-24-5-3-4-6-27(24)19-28/h3-20H,21H2,1-2H3. The van der Waals surface area contributed by atoms with Gasteiger partial charge in [-0.3, -0.25) is 4.79 Å². The Hall–Kier alpha value is -5.16. The van der Waals surface area contributed by atoms with Crippen LogP contribution in [0.3, 0.4) is 0 Å². The molecule has 6 rings (SSSR count). The largest absolute Gasteiger partial charge is 0.454 e. The van der Waals surface area contributed by atoms with Gasteiger partial charge in [-0.25, -0.2) is 14.8 Å². The summed E-state index contributed by atoms with van der Waals surface area (Å²) in [6.07, 6.45) is 0. The Morgan fingerprint density at radius 3 is 1.82 bits per heavy atom. The zero-order valence-corrected chi connectivity index (χ0v) is 22.2. The summed E-state index contributed by atoms with van der Waals surface area (Å²) in [5.74, 6) is -0.846. The molecule has 0 aliphatic carbocycles. The first-order valence-corrected chi connectivity index (χ1v) is 13.1. The van der Waals surface area contributed by atoms with Gasteiger partial charge in [0.15, 0.2) is 12.4 Å². The summed E-state index contributed by atoms with van der Waals surface area (Å²) in [7, 11) is 0. The summed E-state index contributed by atoms with van der Waals surface area (Å²) in [4.78, 5) is 35.6. The molecule has 6 aromatic rings. The fourth-order valence-corrected chi connectivity index (χ4v) is 4.67. The highest BCUT2D eigenvalue weighted by molar-refractivity contribution is 6.02. The second-order valence-corrected chi connectivity index (χ2v) is 9.92. The van der Waals surface area contributed by atoms with Crippen molar-refractivity contribution in [3.63, 3.8) is 0 Å². The van der Waals surface area contributed by atoms with E-state index in [0.29, 0.717) is 22.2 Å². The molecule has 40 heavy (non-hydrogen) atoms. The molecule has 0 N–H and O–H groups in total. The Bertz CT molecular complexity index is 1890. The zero-order valence-electron chi connectivity index (χ0n) is 22.2. The summed E-state index contributed by atoms with van der Waals surface area (Å²) < 4.78 is 5.40. The monoisotopic (exact) mass is 522 g/mol. The minimum absolute atomic E-state index is 0.260. The van der Waals surface area contributed by atoms with E-state index in [1.54, 1.807) is 24.3 Å². The molecule has 1 heterocycles. The third kappa shape index (κ3) is 5.09. The number of carbonyl (C=O) groups excluding carboxylic acids is 2. The van der Waals surface area contributed by atoms with E-state index in [1.165, 1.54) is 0 Å². The van der Waals surface area contributed by atoms with Gasteiger partial charge in [-0.2, -0.15) is 0 Å². The molecule has 0 aliphatic rings. The van der Waals surface area contributed by atoms with Gasteiger partial charge in [0, 0.05) is 16.7 Å². The lowest BCUT2D eigenvalue weighted by Crippen LogP contribution is -2.14. The maximum atomic E-state index is 12.9. The quantitative estimate of drug-likeness (QED) is 0.165. The highest BCUT2D eigenvalue weighted by Gasteiger charge is 2.17. The Balaban J connectivity index is 1.29. The number of Topliss-reactive ketones (excluding diaryl/α,β-unsaturated/α-hetero) is 1. The van der Waals surface area contributed by atoms with Crippen LogP contribution in [0.1, 0.15) is 31.8 Å². The van der Waals surface area contributed by atoms with E-state index in [9.17, 15) is 9.59 Å². The van der Waals surface area contributed by atoms with Crippen molar-refractivity contribution in [3.05, 3.63) is 131 Å². The number of nitrogens with zero attached hydrogens (tertiary/aromatic N) is 2. The average molecular weight is 523 g/mol. The van der Waals surface area contributed by atoms with E-state index in [0.717, 1.165) is 44.4 Å². The number of aromatic nitrogens is 2. The van der Waals surface area contributed by atoms with Crippen LogP contribution in [0.15, 0.2) is 109 Å². The second kappa shape index (κ2) is 10.5. The Kier molecular flexibility index (Phi) is 6.62. The summed E-state index contributed by atoms with van der Waals surface area (Å²) in [6.45, 7) is 3.74. The lowest BCUT2D eigenvalue weighted by Gasteiger charge is -2.12. The first-order chi connectivity index (χ1) is 19.4. The number of aryl methyl sites for hydroxylation is 2. The number of esters is 1. The van der Waals surface area contributed by atoms with Gasteiger partial charge in [0.2, 0.25) is 0 Å². The van der Waals surface area contributed by atoms with Gasteiger partial charge >= 0.3 is 5.97 Å². The number of fused-ring (bicyclic) bond motifs is 2. The molecule has 0 bridgehead atoms. The third-order valence-electron chi connectivity index (χ3n) is 6.96. The minimum Gasteiger partial charge on any atom is -0.454 e. The van der Waals surface area contributed by atoms with Gasteiger partial charge < -0.3 is 4.74 Å². The number of ketones is 1. The Morgan fingerprint density at radius 1 is 0.600 bits per heavy atom. The molecule has 0 fully saturated rings. The lowest BCUT2D eigenvalue weighted by atomic mass is 10.0. The number of benzene rings is 5. The van der Waals surface area contributed by atoms with Gasteiger partial charge in [-0.15, -0.1) is 0 Å². The zero-order chi connectivity index (χ0) is 27.6. The van der Waals surface area contributed by atoms with E-state index in [4.69, 9.17) is 14.7 Å². The Morgan fingerprint density at radius 2 is 1.18 bits per heavy atom. The van der Waals surface area contributed by atoms with Crippen LogP contribution in [0.5, 0.6) is 0 Å². The highest BCUT2D eigenvalue weighted by Crippen LogP contribution is 2.31. The lowest BCUT2D eigenvalue weighted by molar-refractivity contribution is 0.0475. The van der Waals surface area contributed by atoms with Crippen molar-refractivity contribution >= 4 is 33.6 Å². The molecule has 1 aromatic heterocycles. The molecular weight excluding hydrogens is 496 g/mol. The first-order valence-electron chi connectivity index (χ1n) is 13.1. The van der Waals surface area contributed by atoms with E-state index < -0.39 is 5.97 Å². The number of ether oxygens (including phenoxy) is 1. The van der Waals surface area contributed by atoms with Crippen molar-refractivity contribution in [2.75, 3.05) is 6.61 Å². The van der Waals surface area contributed by atoms with E-state index in [-0.39, 0.29) is 12.4 Å². The van der Waals surface area contributed by atoms with E-state index in [1.807, 2.05) is 86.6 Å². The number of carbonyl (C=O) groups is 2. The maximum absolute atomic E-state index is 12.9. The highest BCUT2D eigenvalue weighted by atomic mass is 16.5. The average Bonchev–Trinajstić information content (AvgIpc) is 2.99. The molecule has 0 spiro atoms. The summed E-state index contributed by atoms with van der Waals surface area (Å²) in [5, 5.41) is 2.01. The Labute approximate surface area is 232 Å². The van der Waals surface area contributed by atoms with Gasteiger partial charge in [0.25, 0.3) is 0 Å². The van der Waals surface area contributed by atoms with Crippen LogP contribution in [0.25, 0.3) is 44.3 Å². The number of rotatable bonds is 6. The van der Waals surface area contributed by atoms with Crippen LogP contribution in [-0.4, -0.2) is 28.3 Å². The fraction of sp³-hybridized carbons (Fsp3) is 0.0857. The molecular formula is C35H26N2O3. The molecule has 0 saturated heterocycles. The van der Waals surface area contributed by atoms with Crippen LogP contribution in [-0.2, 0) is 4.74 Å². The normalized spacial score (nSPS) is 11.1. The second-order valence-electron chi connectivity index (χ2n) is 9.92. The van der Waals surface area contributed by atoms with Crippen molar-refractivity contribution in [2.24, 2.45) is 0 Å². The molecule has 5 nitrogen and oxygen atoms in total. The molecule has 194 valence electrons. The maximum Gasteiger partial charge on any atom is 0.338 e. The summed E-state index contributed by atoms with van der Waals surface area (Å²) in [6, 6.07) is 34.7. The van der Waals surface area contributed by atoms with Crippen LogP contribution >= 0.6 is 0 Å². The van der Waals surface area contributed by atoms with E-state index >= 15 is 0 Å². The van der Waals surface area contributed by atoms with Gasteiger partial charge in [0.1, 0.15) is 0 Å². The molecule has 5 aromatic carbocycles. The van der Waals surface area contributed by atoms with Crippen LogP contribution in [0.2, 0.25) is 0 Å². The van der Waals surface area contributed by atoms with Crippen molar-refractivity contribution in [1.82, 2.24) is 9.97 Å². The van der Waals surface area contributed by atoms with Crippen LogP contribution in [0, 0.1) is 13.8 Å². The topological polar surface area (TPSA) is 69.2 Å². The molecule has 0 aliphatic heterocycles. The predicted octanol–water partition coefficient (Wildman–Crippen LogP) is 7.77. The first kappa shape index (κ1) is 25.1. The number of hydrogen-bond acceptors (Lipinski definition) is 5. The summed E-state index contributed by atoms with van der Waals surface area (Å²) >= 11 is 0. The predicted molar refractivity (Wildman–Crippen MR) is 158 cm³/mol. The molecule has 0 radical (unpaired) electrons. The molecule has 0 saturated carbocycles. The number of hydrogen-bond donors (Lipinski definition) is 0. The van der Waals surface area contributed by atoms with E-state index in [2.05, 4.69) is 12.1 Å². The van der Waals surface area contributed by atoms with Crippen molar-refractivity contribution in [3.8, 4) is 22.5 Å². The van der Waals surface area contributed by atoms with Crippen molar-refractivity contribution in [2.45, 2.75) is 13.8 Å². The molecule has 0 unspecified atom stereocenters. The van der Waals surface area contributed by atoms with Crippen molar-refractivity contribution in [1.29, 1.82) is 0 Å². The molecule has 5 heteroatoms. The van der Waals surface area contributed by atoms with Crippen molar-refractivity contribution < 1.29 is 14.3 Å². The van der Waals surface area contributed by atoms with Gasteiger partial charge in [-0.1, -0.05) is 96.1 Å². The fourth-order valence-electron chi connectivity index (χ4n) is 4.67. The smallest absolute Gasteiger partial charge is 0.338 e. The molecule has 0 amide bonds. The van der Waals surface area contributed by atoms with Crippen LogP contribution < -0.4 is 0 Å².